The van der Waals surface area contributed by atoms with Crippen molar-refractivity contribution in [2.45, 2.75) is 17.7 Å². The number of hydrogen-bond acceptors (Lipinski definition) is 4. The summed E-state index contributed by atoms with van der Waals surface area (Å²) in [4.78, 5) is 0.240. The first-order valence-electron chi connectivity index (χ1n) is 8.80. The Balaban J connectivity index is 1.52. The molecule has 0 bridgehead atoms. The minimum Gasteiger partial charge on any atom is -0.493 e. The van der Waals surface area contributed by atoms with Crippen molar-refractivity contribution in [3.05, 3.63) is 66.2 Å². The fourth-order valence-corrected chi connectivity index (χ4v) is 4.61. The van der Waals surface area contributed by atoms with Crippen molar-refractivity contribution in [2.24, 2.45) is 0 Å². The van der Waals surface area contributed by atoms with Crippen molar-refractivity contribution in [1.82, 2.24) is 0 Å². The van der Waals surface area contributed by atoms with Crippen LogP contribution in [0.3, 0.4) is 0 Å². The predicted octanol–water partition coefficient (Wildman–Crippen LogP) is 4.71. The van der Waals surface area contributed by atoms with Gasteiger partial charge in [-0.3, -0.25) is 4.72 Å². The topological polar surface area (TPSA) is 68.5 Å². The van der Waals surface area contributed by atoms with Crippen LogP contribution in [0.5, 0.6) is 5.75 Å². The van der Waals surface area contributed by atoms with Crippen LogP contribution in [0, 0.1) is 0 Å². The molecule has 5 nitrogen and oxygen atoms in total. The first kappa shape index (κ1) is 16.2. The highest BCUT2D eigenvalue weighted by molar-refractivity contribution is 7.92. The van der Waals surface area contributed by atoms with Crippen LogP contribution in [0.1, 0.15) is 12.0 Å². The summed E-state index contributed by atoms with van der Waals surface area (Å²) in [6.45, 7) is 0.677. The molecule has 3 aromatic carbocycles. The van der Waals surface area contributed by atoms with Crippen LogP contribution in [-0.2, 0) is 16.4 Å². The minimum absolute atomic E-state index is 0.240. The van der Waals surface area contributed by atoms with Crippen molar-refractivity contribution in [2.75, 3.05) is 11.3 Å². The summed E-state index contributed by atoms with van der Waals surface area (Å²) in [6.07, 6.45) is 1.72. The van der Waals surface area contributed by atoms with Crippen LogP contribution in [0.2, 0.25) is 0 Å². The van der Waals surface area contributed by atoms with Crippen LogP contribution in [0.15, 0.2) is 70.0 Å². The zero-order chi connectivity index (χ0) is 18.4. The van der Waals surface area contributed by atoms with Gasteiger partial charge in [0.15, 0.2) is 0 Å². The maximum absolute atomic E-state index is 12.8. The van der Waals surface area contributed by atoms with E-state index in [1.807, 2.05) is 24.3 Å². The van der Waals surface area contributed by atoms with Crippen LogP contribution < -0.4 is 9.46 Å². The van der Waals surface area contributed by atoms with E-state index >= 15 is 0 Å². The smallest absolute Gasteiger partial charge is 0.261 e. The van der Waals surface area contributed by atoms with Gasteiger partial charge in [0.1, 0.15) is 16.9 Å². The molecule has 0 fully saturated rings. The molecular weight excluding hydrogens is 362 g/mol. The molecule has 1 N–H and O–H groups in total. The molecule has 0 saturated carbocycles. The lowest BCUT2D eigenvalue weighted by Gasteiger charge is -2.18. The summed E-state index contributed by atoms with van der Waals surface area (Å²) in [6, 6.07) is 18.0. The SMILES string of the molecule is O=S(=O)(Nc1ccc2oc3ccccc3c2c1)c1ccc2c(c1)CCCO2. The zero-order valence-corrected chi connectivity index (χ0v) is 15.3. The van der Waals surface area contributed by atoms with E-state index < -0.39 is 10.0 Å². The standard InChI is InChI=1S/C21H17NO4S/c23-27(24,16-8-10-19-14(12-16)4-3-11-25-19)22-15-7-9-21-18(13-15)17-5-1-2-6-20(17)26-21/h1-2,5-10,12-13,22H,3-4,11H2. The Kier molecular flexibility index (Phi) is 3.62. The van der Waals surface area contributed by atoms with Gasteiger partial charge in [-0.25, -0.2) is 8.42 Å². The molecule has 4 aromatic rings. The Morgan fingerprint density at radius 2 is 1.74 bits per heavy atom. The van der Waals surface area contributed by atoms with Crippen molar-refractivity contribution < 1.29 is 17.6 Å². The highest BCUT2D eigenvalue weighted by Crippen LogP contribution is 2.32. The molecule has 0 saturated heterocycles. The third-order valence-electron chi connectivity index (χ3n) is 4.82. The maximum atomic E-state index is 12.8. The number of sulfonamides is 1. The van der Waals surface area contributed by atoms with Crippen LogP contribution in [0.4, 0.5) is 5.69 Å². The second-order valence-electron chi connectivity index (χ2n) is 6.64. The quantitative estimate of drug-likeness (QED) is 0.560. The average Bonchev–Trinajstić information content (AvgIpc) is 3.05. The summed E-state index contributed by atoms with van der Waals surface area (Å²) in [7, 11) is -3.69. The van der Waals surface area contributed by atoms with E-state index in [1.165, 1.54) is 0 Å². The van der Waals surface area contributed by atoms with E-state index in [1.54, 1.807) is 36.4 Å². The fourth-order valence-electron chi connectivity index (χ4n) is 3.51. The maximum Gasteiger partial charge on any atom is 0.261 e. The van der Waals surface area contributed by atoms with Gasteiger partial charge in [0.25, 0.3) is 10.0 Å². The molecule has 5 rings (SSSR count). The van der Waals surface area contributed by atoms with Gasteiger partial charge in [0, 0.05) is 16.5 Å². The van der Waals surface area contributed by atoms with Crippen molar-refractivity contribution in [3.8, 4) is 5.75 Å². The van der Waals surface area contributed by atoms with E-state index in [0.29, 0.717) is 12.3 Å². The van der Waals surface area contributed by atoms with Gasteiger partial charge in [0.2, 0.25) is 0 Å². The van der Waals surface area contributed by atoms with Gasteiger partial charge in [-0.15, -0.1) is 0 Å². The van der Waals surface area contributed by atoms with Gasteiger partial charge in [-0.1, -0.05) is 18.2 Å². The number of nitrogens with one attached hydrogen (secondary N) is 1. The number of para-hydroxylation sites is 1. The van der Waals surface area contributed by atoms with Gasteiger partial charge in [-0.05, 0) is 60.9 Å². The molecule has 1 aromatic heterocycles. The van der Waals surface area contributed by atoms with Crippen molar-refractivity contribution >= 4 is 37.6 Å². The molecule has 0 aliphatic carbocycles. The van der Waals surface area contributed by atoms with Crippen molar-refractivity contribution in [3.63, 3.8) is 0 Å². The first-order chi connectivity index (χ1) is 13.1. The first-order valence-corrected chi connectivity index (χ1v) is 10.3. The van der Waals surface area contributed by atoms with E-state index in [4.69, 9.17) is 9.15 Å². The van der Waals surface area contributed by atoms with Gasteiger partial charge in [-0.2, -0.15) is 0 Å². The summed E-state index contributed by atoms with van der Waals surface area (Å²) in [5.74, 6) is 0.770. The average molecular weight is 379 g/mol. The summed E-state index contributed by atoms with van der Waals surface area (Å²) < 4.78 is 39.7. The number of anilines is 1. The number of aryl methyl sites for hydroxylation is 1. The normalized spacial score (nSPS) is 14.1. The molecule has 1 aliphatic heterocycles. The minimum atomic E-state index is -3.69. The summed E-state index contributed by atoms with van der Waals surface area (Å²) in [5.41, 5.74) is 2.94. The van der Waals surface area contributed by atoms with E-state index in [0.717, 1.165) is 46.1 Å². The molecule has 27 heavy (non-hydrogen) atoms. The highest BCUT2D eigenvalue weighted by Gasteiger charge is 2.19. The predicted molar refractivity (Wildman–Crippen MR) is 105 cm³/mol. The Morgan fingerprint density at radius 1 is 0.889 bits per heavy atom. The number of benzene rings is 3. The molecule has 0 atom stereocenters. The number of rotatable bonds is 3. The lowest BCUT2D eigenvalue weighted by Crippen LogP contribution is -2.15. The van der Waals surface area contributed by atoms with E-state index in [9.17, 15) is 8.42 Å². The lowest BCUT2D eigenvalue weighted by atomic mass is 10.1. The van der Waals surface area contributed by atoms with Gasteiger partial charge in [0.05, 0.1) is 11.5 Å². The lowest BCUT2D eigenvalue weighted by molar-refractivity contribution is 0.288. The third kappa shape index (κ3) is 2.82. The number of hydrogen-bond donors (Lipinski definition) is 1. The zero-order valence-electron chi connectivity index (χ0n) is 14.4. The van der Waals surface area contributed by atoms with Crippen LogP contribution in [-0.4, -0.2) is 15.0 Å². The second-order valence-corrected chi connectivity index (χ2v) is 8.32. The fraction of sp³-hybridized carbons (Fsp3) is 0.143. The molecule has 0 amide bonds. The summed E-state index contributed by atoms with van der Waals surface area (Å²) in [5, 5.41) is 1.84. The Morgan fingerprint density at radius 3 is 2.67 bits per heavy atom. The number of fused-ring (bicyclic) bond motifs is 4. The third-order valence-corrected chi connectivity index (χ3v) is 6.20. The van der Waals surface area contributed by atoms with E-state index in [-0.39, 0.29) is 4.90 Å². The monoisotopic (exact) mass is 379 g/mol. The Hall–Kier alpha value is -2.99. The summed E-state index contributed by atoms with van der Waals surface area (Å²) >= 11 is 0. The van der Waals surface area contributed by atoms with Gasteiger partial charge >= 0.3 is 0 Å². The van der Waals surface area contributed by atoms with Crippen LogP contribution >= 0.6 is 0 Å². The molecule has 0 unspecified atom stereocenters. The number of ether oxygens (including phenoxy) is 1. The molecular formula is C21H17NO4S. The Bertz CT molecular complexity index is 1270. The number of furan rings is 1. The molecule has 0 spiro atoms. The van der Waals surface area contributed by atoms with Crippen molar-refractivity contribution in [1.29, 1.82) is 0 Å². The van der Waals surface area contributed by atoms with E-state index in [2.05, 4.69) is 4.72 Å². The van der Waals surface area contributed by atoms with Gasteiger partial charge < -0.3 is 9.15 Å². The highest BCUT2D eigenvalue weighted by atomic mass is 32.2. The largest absolute Gasteiger partial charge is 0.493 e. The van der Waals surface area contributed by atoms with Crippen LogP contribution in [0.25, 0.3) is 21.9 Å². The molecule has 2 heterocycles. The molecule has 136 valence electrons. The molecule has 0 radical (unpaired) electrons. The molecule has 6 heteroatoms. The molecule has 1 aliphatic rings. The second kappa shape index (κ2) is 6.03. The Labute approximate surface area is 156 Å².